The van der Waals surface area contributed by atoms with Crippen LogP contribution in [0.1, 0.15) is 112 Å². The van der Waals surface area contributed by atoms with Crippen LogP contribution in [0.5, 0.6) is 29.1 Å². The number of nitrogen functional groups attached to an aromatic ring is 3. The number of carbonyl (C=O) groups excluding carboxylic acids is 2. The van der Waals surface area contributed by atoms with Gasteiger partial charge in [0.2, 0.25) is 35.5 Å². The van der Waals surface area contributed by atoms with Crippen LogP contribution in [-0.4, -0.2) is 177 Å². The third kappa shape index (κ3) is 17.8. The maximum absolute atomic E-state index is 15.9. The van der Waals surface area contributed by atoms with E-state index in [0.717, 1.165) is 25.7 Å². The van der Waals surface area contributed by atoms with E-state index in [4.69, 9.17) is 73.2 Å². The molecule has 0 spiro atoms. The lowest BCUT2D eigenvalue weighted by atomic mass is 10.0. The van der Waals surface area contributed by atoms with Gasteiger partial charge in [-0.2, -0.15) is 29.9 Å². The van der Waals surface area contributed by atoms with E-state index in [2.05, 4.69) is 44.9 Å². The summed E-state index contributed by atoms with van der Waals surface area (Å²) in [5.41, 5.74) is 13.6. The molecule has 1 saturated carbocycles. The Bertz CT molecular complexity index is 4270. The van der Waals surface area contributed by atoms with Crippen LogP contribution in [0.2, 0.25) is 0 Å². The fourth-order valence-electron chi connectivity index (χ4n) is 12.2. The van der Waals surface area contributed by atoms with Crippen molar-refractivity contribution in [1.29, 1.82) is 0 Å². The molecule has 9 heterocycles. The fraction of sp³-hybridized carbons (Fsp3) is 0.547. The number of nitrogens with two attached hydrogens (primary N) is 3. The zero-order chi connectivity index (χ0) is 72.8. The van der Waals surface area contributed by atoms with Crippen molar-refractivity contribution in [1.82, 2.24) is 58.6 Å². The Hall–Kier alpha value is -8.56. The van der Waals surface area contributed by atoms with Gasteiger partial charge in [0.25, 0.3) is 0 Å². The summed E-state index contributed by atoms with van der Waals surface area (Å²) in [6, 6.07) is 17.0. The number of rotatable bonds is 25. The van der Waals surface area contributed by atoms with Crippen molar-refractivity contribution in [2.75, 3.05) is 70.7 Å². The molecule has 2 aromatic carbocycles. The van der Waals surface area contributed by atoms with E-state index in [1.54, 1.807) is 88.4 Å². The maximum atomic E-state index is 15.9. The normalized spacial score (nSPS) is 25.3. The van der Waals surface area contributed by atoms with Crippen molar-refractivity contribution in [2.24, 2.45) is 11.8 Å². The Kier molecular flexibility index (Phi) is 23.3. The molecule has 548 valence electrons. The minimum absolute atomic E-state index is 0.00151. The number of methoxy groups -OCH3 is 3. The van der Waals surface area contributed by atoms with Gasteiger partial charge in [0, 0.05) is 19.3 Å². The third-order valence-corrected chi connectivity index (χ3v) is 20.8. The van der Waals surface area contributed by atoms with E-state index < -0.39 is 93.0 Å². The SMILES string of the molecule is COc1nc(N)nc2c1ncn2C1OC(CO)C[C@@]1(C)F.COc1nc(N)nc2c1ncn2C1OC(CO[P@@](=O)(C[C@@H](C)C(=O)OC(C)C)Oc2ccccc2)C[C@@]1(C)F.COc1nc(N)nc2c1ncn2C1OC(CO[P@@](=O)(C[C@@H](C)C(=O)OC2CCCC2)Oc2ccccc2)C[C@@]1(C)F. The van der Waals surface area contributed by atoms with E-state index in [-0.39, 0.29) is 110 Å². The van der Waals surface area contributed by atoms with Gasteiger partial charge in [-0.25, -0.2) is 37.3 Å². The van der Waals surface area contributed by atoms with Crippen molar-refractivity contribution < 1.29 is 93.0 Å². The predicted molar refractivity (Wildman–Crippen MR) is 359 cm³/mol. The highest BCUT2D eigenvalue weighted by atomic mass is 31.2. The molecule has 32 nitrogen and oxygen atoms in total. The number of para-hydroxylation sites is 2. The molecule has 3 saturated heterocycles. The Balaban J connectivity index is 0.000000171. The van der Waals surface area contributed by atoms with Crippen LogP contribution in [0.3, 0.4) is 0 Å². The second-order valence-electron chi connectivity index (χ2n) is 25.8. The van der Waals surface area contributed by atoms with E-state index in [1.165, 1.54) is 74.8 Å². The highest BCUT2D eigenvalue weighted by Crippen LogP contribution is 2.54. The molecule has 6 unspecified atom stereocenters. The number of fused-ring (bicyclic) bond motifs is 3. The number of alkyl halides is 3. The van der Waals surface area contributed by atoms with Gasteiger partial charge in [0.05, 0.1) is 109 Å². The molecule has 0 radical (unpaired) electrons. The van der Waals surface area contributed by atoms with E-state index in [0.29, 0.717) is 33.7 Å². The molecule has 8 aromatic rings. The molecule has 4 aliphatic rings. The van der Waals surface area contributed by atoms with Gasteiger partial charge >= 0.3 is 27.1 Å². The molecule has 37 heteroatoms. The summed E-state index contributed by atoms with van der Waals surface area (Å²) in [5, 5.41) is 9.17. The summed E-state index contributed by atoms with van der Waals surface area (Å²) in [7, 11) is -3.53. The van der Waals surface area contributed by atoms with Crippen molar-refractivity contribution in [3.05, 3.63) is 79.6 Å². The van der Waals surface area contributed by atoms with Gasteiger partial charge in [0.1, 0.15) is 17.6 Å². The third-order valence-electron chi connectivity index (χ3n) is 16.8. The number of aliphatic hydroxyl groups is 1. The van der Waals surface area contributed by atoms with Gasteiger partial charge in [0.15, 0.2) is 69.2 Å². The lowest BCUT2D eigenvalue weighted by Gasteiger charge is -2.24. The highest BCUT2D eigenvalue weighted by Gasteiger charge is 2.51. The van der Waals surface area contributed by atoms with Crippen LogP contribution < -0.4 is 40.5 Å². The van der Waals surface area contributed by atoms with Crippen LogP contribution >= 0.6 is 15.2 Å². The van der Waals surface area contributed by atoms with Crippen molar-refractivity contribution in [3.8, 4) is 29.1 Å². The van der Waals surface area contributed by atoms with Gasteiger partial charge in [-0.3, -0.25) is 32.3 Å². The standard InChI is InChI=1S/C27H35FN5O7P.C25H33FN5O7P.C12H16FN5O3/c1-17(24(34)38-18-9-7-8-10-18)15-41(35,40-19-11-5-4-6-12-19)37-14-20-13-27(2,28)25(39-20)33-16-30-21-22(33)31-26(29)32-23(21)36-3;1-15(2)36-22(32)16(3)13-39(33,38-17-9-7-6-8-10-17)35-12-18-11-25(4,26)23(37-18)31-14-28-19-20(31)29-24(27)30-21(19)34-5;1-12(13)3-6(4-19)21-10(12)18-5-15-7-8(18)16-11(14)17-9(7)20-2/h4-6,11-12,16-18,20,25H,7-10,13-15H2,1-3H3,(H2,29,31,32);6-10,14-16,18,23H,11-13H2,1-5H3,(H2,27,29,30);5-6,10,19H,3-4H2,1-2H3,(H2,14,16,17)/t17-,20?,25?,27-,41+;16-,18?,23?,25-,39+;6?,10?,12-/m111/s1. The first kappa shape index (κ1) is 75.1. The number of benzene rings is 2. The minimum atomic E-state index is -3.90. The van der Waals surface area contributed by atoms with Crippen LogP contribution in [-0.2, 0) is 51.5 Å². The Morgan fingerprint density at radius 3 is 1.25 bits per heavy atom. The fourth-order valence-corrected chi connectivity index (χ4v) is 15.9. The zero-order valence-corrected chi connectivity index (χ0v) is 59.2. The molecule has 0 amide bonds. The second-order valence-corrected chi connectivity index (χ2v) is 29.9. The van der Waals surface area contributed by atoms with E-state index >= 15 is 8.78 Å². The van der Waals surface area contributed by atoms with Crippen molar-refractivity contribution in [3.63, 3.8) is 0 Å². The first-order chi connectivity index (χ1) is 47.9. The molecule has 4 fully saturated rings. The predicted octanol–water partition coefficient (Wildman–Crippen LogP) is 9.58. The van der Waals surface area contributed by atoms with E-state index in [9.17, 15) is 28.2 Å². The smallest absolute Gasteiger partial charge is 0.380 e. The summed E-state index contributed by atoms with van der Waals surface area (Å²) in [6.45, 7) is 10.1. The number of carbonyl (C=O) groups is 2. The van der Waals surface area contributed by atoms with Crippen LogP contribution in [0.4, 0.5) is 31.0 Å². The van der Waals surface area contributed by atoms with E-state index in [1.807, 2.05) is 0 Å². The molecule has 0 bridgehead atoms. The number of esters is 2. The molecule has 12 rings (SSSR count). The molecule has 3 aliphatic heterocycles. The summed E-state index contributed by atoms with van der Waals surface area (Å²) in [5.74, 6) is -1.47. The molecular formula is C64H84F3N15O17P2. The largest absolute Gasteiger partial charge is 0.479 e. The van der Waals surface area contributed by atoms with Gasteiger partial charge in [-0.15, -0.1) is 0 Å². The minimum Gasteiger partial charge on any atom is -0.479 e. The number of halogens is 3. The number of ether oxygens (including phenoxy) is 8. The quantitative estimate of drug-likeness (QED) is 0.0305. The first-order valence-corrected chi connectivity index (χ1v) is 36.0. The average Bonchev–Trinajstić information content (AvgIpc) is 1.64. The number of aromatic nitrogens is 12. The number of hydrogen-bond acceptors (Lipinski definition) is 29. The topological polar surface area (TPSA) is 408 Å². The molecule has 1 aliphatic carbocycles. The van der Waals surface area contributed by atoms with Gasteiger partial charge in [-0.05, 0) is 84.6 Å². The maximum Gasteiger partial charge on any atom is 0.380 e. The molecule has 7 N–H and O–H groups in total. The van der Waals surface area contributed by atoms with Gasteiger partial charge < -0.3 is 69.2 Å². The zero-order valence-electron chi connectivity index (χ0n) is 57.4. The number of imidazole rings is 3. The number of aliphatic hydroxyl groups excluding tert-OH is 1. The number of anilines is 3. The molecule has 101 heavy (non-hydrogen) atoms. The molecular weight excluding hydrogens is 1370 g/mol. The average molecular weight is 1450 g/mol. The summed E-state index contributed by atoms with van der Waals surface area (Å²) >= 11 is 0. The lowest BCUT2D eigenvalue weighted by molar-refractivity contribution is -0.152. The Labute approximate surface area is 578 Å². The van der Waals surface area contributed by atoms with Crippen LogP contribution in [0, 0.1) is 11.8 Å². The first-order valence-electron chi connectivity index (χ1n) is 32.6. The second kappa shape index (κ2) is 31.4. The number of nitrogens with zero attached hydrogens (tertiary/aromatic N) is 12. The molecule has 6 aromatic heterocycles. The Morgan fingerprint density at radius 1 is 0.564 bits per heavy atom. The Morgan fingerprint density at radius 2 is 0.911 bits per heavy atom. The monoisotopic (exact) mass is 1450 g/mol. The van der Waals surface area contributed by atoms with Crippen LogP contribution in [0.15, 0.2) is 79.6 Å². The molecule has 13 atom stereocenters. The summed E-state index contributed by atoms with van der Waals surface area (Å²) in [4.78, 5) is 62.2. The van der Waals surface area contributed by atoms with Crippen molar-refractivity contribution in [2.45, 2.75) is 160 Å². The highest BCUT2D eigenvalue weighted by molar-refractivity contribution is 7.54. The number of hydrogen-bond donors (Lipinski definition) is 4. The van der Waals surface area contributed by atoms with Gasteiger partial charge in [-0.1, -0.05) is 50.2 Å². The van der Waals surface area contributed by atoms with Crippen LogP contribution in [0.25, 0.3) is 33.5 Å². The van der Waals surface area contributed by atoms with Crippen molar-refractivity contribution >= 4 is 78.5 Å². The summed E-state index contributed by atoms with van der Waals surface area (Å²) in [6.07, 6.45) is 1.53. The lowest BCUT2D eigenvalue weighted by Crippen LogP contribution is -2.27. The summed E-state index contributed by atoms with van der Waals surface area (Å²) < 4.78 is 146.